The molecule has 0 radical (unpaired) electrons. The van der Waals surface area contributed by atoms with Gasteiger partial charge in [-0.3, -0.25) is 0 Å². The van der Waals surface area contributed by atoms with Crippen molar-refractivity contribution in [2.24, 2.45) is 5.92 Å². The first-order chi connectivity index (χ1) is 9.97. The van der Waals surface area contributed by atoms with Gasteiger partial charge in [0.15, 0.2) is 0 Å². The Labute approximate surface area is 125 Å². The van der Waals surface area contributed by atoms with Crippen molar-refractivity contribution < 1.29 is 9.84 Å². The standard InChI is InChI=1S/C16H23N3O2/c1-12-5-6-15(13(2)7-12)16(20,14(3)8-21-4)9-19-11-17-10-18-19/h5-7,10-11,14,20H,8-9H2,1-4H3/t14-,16?/m0/s1. The molecule has 2 rings (SSSR count). The highest BCUT2D eigenvalue weighted by atomic mass is 16.5. The second-order valence-electron chi connectivity index (χ2n) is 5.69. The third-order valence-electron chi connectivity index (χ3n) is 3.95. The van der Waals surface area contributed by atoms with E-state index >= 15 is 0 Å². The molecular formula is C16H23N3O2. The van der Waals surface area contributed by atoms with Gasteiger partial charge in [-0.15, -0.1) is 0 Å². The second-order valence-corrected chi connectivity index (χ2v) is 5.69. The summed E-state index contributed by atoms with van der Waals surface area (Å²) in [5.74, 6) is -0.0758. The Hall–Kier alpha value is -1.72. The Bertz CT molecular complexity index is 583. The van der Waals surface area contributed by atoms with Crippen molar-refractivity contribution in [1.82, 2.24) is 14.8 Å². The number of ether oxygens (including phenoxy) is 1. The fourth-order valence-electron chi connectivity index (χ4n) is 2.76. The number of methoxy groups -OCH3 is 1. The summed E-state index contributed by atoms with van der Waals surface area (Å²) in [7, 11) is 1.65. The number of benzene rings is 1. The molecule has 1 heterocycles. The van der Waals surface area contributed by atoms with Crippen LogP contribution in [0.3, 0.4) is 0 Å². The molecule has 1 N–H and O–H groups in total. The Kier molecular flexibility index (Phi) is 4.75. The zero-order valence-corrected chi connectivity index (χ0v) is 13.1. The highest BCUT2D eigenvalue weighted by Gasteiger charge is 2.37. The van der Waals surface area contributed by atoms with Gasteiger partial charge in [-0.25, -0.2) is 9.67 Å². The van der Waals surface area contributed by atoms with Crippen LogP contribution in [0, 0.1) is 19.8 Å². The van der Waals surface area contributed by atoms with Crippen LogP contribution in [0.1, 0.15) is 23.6 Å². The van der Waals surface area contributed by atoms with Crippen LogP contribution in [0.4, 0.5) is 0 Å². The Morgan fingerprint density at radius 3 is 2.71 bits per heavy atom. The number of aryl methyl sites for hydroxylation is 2. The van der Waals surface area contributed by atoms with Gasteiger partial charge in [-0.2, -0.15) is 5.10 Å². The van der Waals surface area contributed by atoms with Crippen LogP contribution in [-0.4, -0.2) is 33.6 Å². The van der Waals surface area contributed by atoms with Crippen LogP contribution in [-0.2, 0) is 16.9 Å². The van der Waals surface area contributed by atoms with E-state index in [1.807, 2.05) is 32.9 Å². The number of nitrogens with zero attached hydrogens (tertiary/aromatic N) is 3. The van der Waals surface area contributed by atoms with Crippen LogP contribution in [0.25, 0.3) is 0 Å². The van der Waals surface area contributed by atoms with Crippen LogP contribution in [0.2, 0.25) is 0 Å². The predicted octanol–water partition coefficient (Wildman–Crippen LogP) is 2.07. The molecule has 0 spiro atoms. The first-order valence-corrected chi connectivity index (χ1v) is 7.09. The highest BCUT2D eigenvalue weighted by molar-refractivity contribution is 5.35. The van der Waals surface area contributed by atoms with Gasteiger partial charge in [0, 0.05) is 13.0 Å². The van der Waals surface area contributed by atoms with E-state index in [-0.39, 0.29) is 5.92 Å². The lowest BCUT2D eigenvalue weighted by atomic mass is 9.80. The SMILES string of the molecule is COC[C@H](C)C(O)(Cn1cncn1)c1ccc(C)cc1C. The van der Waals surface area contributed by atoms with E-state index in [1.54, 1.807) is 18.1 Å². The zero-order chi connectivity index (χ0) is 15.5. The molecule has 21 heavy (non-hydrogen) atoms. The molecule has 1 aromatic heterocycles. The smallest absolute Gasteiger partial charge is 0.137 e. The Balaban J connectivity index is 2.43. The maximum absolute atomic E-state index is 11.4. The minimum Gasteiger partial charge on any atom is -0.384 e. The molecular weight excluding hydrogens is 266 g/mol. The highest BCUT2D eigenvalue weighted by Crippen LogP contribution is 2.34. The van der Waals surface area contributed by atoms with Crippen molar-refractivity contribution in [3.8, 4) is 0 Å². The number of aliphatic hydroxyl groups is 1. The molecule has 0 bridgehead atoms. The monoisotopic (exact) mass is 289 g/mol. The van der Waals surface area contributed by atoms with E-state index in [9.17, 15) is 5.11 Å². The van der Waals surface area contributed by atoms with E-state index < -0.39 is 5.60 Å². The predicted molar refractivity (Wildman–Crippen MR) is 80.9 cm³/mol. The van der Waals surface area contributed by atoms with Gasteiger partial charge in [0.05, 0.1) is 13.2 Å². The second kappa shape index (κ2) is 6.37. The minimum absolute atomic E-state index is 0.0758. The van der Waals surface area contributed by atoms with Gasteiger partial charge in [-0.1, -0.05) is 30.7 Å². The average molecular weight is 289 g/mol. The van der Waals surface area contributed by atoms with Crippen molar-refractivity contribution in [2.75, 3.05) is 13.7 Å². The van der Waals surface area contributed by atoms with E-state index in [0.29, 0.717) is 13.2 Å². The van der Waals surface area contributed by atoms with Gasteiger partial charge in [0.1, 0.15) is 18.3 Å². The number of hydrogen-bond acceptors (Lipinski definition) is 4. The van der Waals surface area contributed by atoms with Crippen LogP contribution in [0.15, 0.2) is 30.9 Å². The van der Waals surface area contributed by atoms with E-state index in [0.717, 1.165) is 11.1 Å². The summed E-state index contributed by atoms with van der Waals surface area (Å²) in [5, 5.41) is 15.5. The topological polar surface area (TPSA) is 60.2 Å². The molecule has 0 aliphatic heterocycles. The van der Waals surface area contributed by atoms with E-state index in [4.69, 9.17) is 4.74 Å². The summed E-state index contributed by atoms with van der Waals surface area (Å²) < 4.78 is 6.91. The summed E-state index contributed by atoms with van der Waals surface area (Å²) >= 11 is 0. The van der Waals surface area contributed by atoms with Crippen molar-refractivity contribution in [2.45, 2.75) is 32.9 Å². The molecule has 5 nitrogen and oxygen atoms in total. The number of aromatic nitrogens is 3. The van der Waals surface area contributed by atoms with Gasteiger partial charge in [0.2, 0.25) is 0 Å². The lowest BCUT2D eigenvalue weighted by Crippen LogP contribution is -2.41. The van der Waals surface area contributed by atoms with Gasteiger partial charge < -0.3 is 9.84 Å². The molecule has 0 aliphatic carbocycles. The van der Waals surface area contributed by atoms with Crippen molar-refractivity contribution in [1.29, 1.82) is 0 Å². The quantitative estimate of drug-likeness (QED) is 0.884. The lowest BCUT2D eigenvalue weighted by molar-refractivity contribution is -0.0609. The van der Waals surface area contributed by atoms with Crippen LogP contribution < -0.4 is 0 Å². The average Bonchev–Trinajstić information content (AvgIpc) is 2.91. The summed E-state index contributed by atoms with van der Waals surface area (Å²) in [6.07, 6.45) is 3.09. The zero-order valence-electron chi connectivity index (χ0n) is 13.1. The Morgan fingerprint density at radius 2 is 2.14 bits per heavy atom. The van der Waals surface area contributed by atoms with Crippen LogP contribution in [0.5, 0.6) is 0 Å². The molecule has 0 saturated heterocycles. The molecule has 5 heteroatoms. The van der Waals surface area contributed by atoms with Gasteiger partial charge in [0.25, 0.3) is 0 Å². The number of rotatable bonds is 6. The van der Waals surface area contributed by atoms with Gasteiger partial charge in [-0.05, 0) is 25.0 Å². The third kappa shape index (κ3) is 3.31. The molecule has 0 saturated carbocycles. The van der Waals surface area contributed by atoms with Crippen LogP contribution >= 0.6 is 0 Å². The third-order valence-corrected chi connectivity index (χ3v) is 3.95. The first kappa shape index (κ1) is 15.7. The maximum atomic E-state index is 11.4. The fraction of sp³-hybridized carbons (Fsp3) is 0.500. The fourth-order valence-corrected chi connectivity index (χ4v) is 2.76. The summed E-state index contributed by atoms with van der Waals surface area (Å²) in [4.78, 5) is 3.95. The van der Waals surface area contributed by atoms with Crippen molar-refractivity contribution in [3.05, 3.63) is 47.5 Å². The largest absolute Gasteiger partial charge is 0.384 e. The molecule has 1 aromatic carbocycles. The molecule has 114 valence electrons. The molecule has 0 fully saturated rings. The summed E-state index contributed by atoms with van der Waals surface area (Å²) in [5.41, 5.74) is 2.11. The summed E-state index contributed by atoms with van der Waals surface area (Å²) in [6, 6.07) is 6.10. The molecule has 2 aromatic rings. The van der Waals surface area contributed by atoms with Crippen molar-refractivity contribution >= 4 is 0 Å². The molecule has 0 amide bonds. The summed E-state index contributed by atoms with van der Waals surface area (Å²) in [6.45, 7) is 6.87. The maximum Gasteiger partial charge on any atom is 0.137 e. The normalized spacial score (nSPS) is 15.7. The first-order valence-electron chi connectivity index (χ1n) is 7.09. The molecule has 0 aliphatic rings. The molecule has 1 unspecified atom stereocenters. The lowest BCUT2D eigenvalue weighted by Gasteiger charge is -2.35. The van der Waals surface area contributed by atoms with E-state index in [1.165, 1.54) is 11.9 Å². The molecule has 2 atom stereocenters. The van der Waals surface area contributed by atoms with Gasteiger partial charge >= 0.3 is 0 Å². The van der Waals surface area contributed by atoms with E-state index in [2.05, 4.69) is 16.1 Å². The Morgan fingerprint density at radius 1 is 1.38 bits per heavy atom. The number of hydrogen-bond donors (Lipinski definition) is 1. The van der Waals surface area contributed by atoms with Crippen molar-refractivity contribution in [3.63, 3.8) is 0 Å². The minimum atomic E-state index is -1.05.